The molecule has 1 N–H and O–H groups in total. The Morgan fingerprint density at radius 1 is 1.34 bits per heavy atom. The van der Waals surface area contributed by atoms with Gasteiger partial charge in [-0.2, -0.15) is 8.78 Å². The van der Waals surface area contributed by atoms with Crippen LogP contribution in [-0.2, 0) is 22.0 Å². The molecule has 1 aliphatic rings. The zero-order valence-corrected chi connectivity index (χ0v) is 16.4. The summed E-state index contributed by atoms with van der Waals surface area (Å²) in [5.41, 5.74) is 2.38. The SMILES string of the molecule is CC(=O)Nc1cc2c(-c3cc(C)nc(C(C)(F)F)n3)cn(CC3COC3)c2cn1. The van der Waals surface area contributed by atoms with Crippen molar-refractivity contribution in [1.82, 2.24) is 19.5 Å². The summed E-state index contributed by atoms with van der Waals surface area (Å²) in [6.07, 6.45) is 3.56. The van der Waals surface area contributed by atoms with E-state index in [0.29, 0.717) is 41.9 Å². The molecule has 0 atom stereocenters. The number of hydrogen-bond donors (Lipinski definition) is 1. The molecule has 0 saturated carbocycles. The van der Waals surface area contributed by atoms with Crippen molar-refractivity contribution in [2.24, 2.45) is 5.92 Å². The number of anilines is 1. The number of aromatic nitrogens is 4. The maximum atomic E-state index is 13.9. The molecular weight excluding hydrogens is 380 g/mol. The number of hydrogen-bond acceptors (Lipinski definition) is 5. The lowest BCUT2D eigenvalue weighted by Gasteiger charge is -2.26. The quantitative estimate of drug-likeness (QED) is 0.707. The van der Waals surface area contributed by atoms with E-state index in [-0.39, 0.29) is 5.91 Å². The van der Waals surface area contributed by atoms with Crippen molar-refractivity contribution < 1.29 is 18.3 Å². The van der Waals surface area contributed by atoms with Gasteiger partial charge in [0, 0.05) is 49.2 Å². The number of fused-ring (bicyclic) bond motifs is 1. The highest BCUT2D eigenvalue weighted by Gasteiger charge is 2.29. The number of nitrogens with zero attached hydrogens (tertiary/aromatic N) is 4. The van der Waals surface area contributed by atoms with E-state index in [1.54, 1.807) is 25.3 Å². The minimum Gasteiger partial charge on any atom is -0.381 e. The highest BCUT2D eigenvalue weighted by Crippen LogP contribution is 2.34. The monoisotopic (exact) mass is 401 g/mol. The zero-order valence-electron chi connectivity index (χ0n) is 16.4. The molecule has 1 saturated heterocycles. The Bertz CT molecular complexity index is 1090. The Morgan fingerprint density at radius 3 is 2.72 bits per heavy atom. The molecular formula is C20H21F2N5O2. The Kier molecular flexibility index (Phi) is 4.77. The summed E-state index contributed by atoms with van der Waals surface area (Å²) in [5.74, 6) is -3.13. The van der Waals surface area contributed by atoms with Crippen molar-refractivity contribution in [3.8, 4) is 11.3 Å². The lowest BCUT2D eigenvalue weighted by Crippen LogP contribution is -2.31. The van der Waals surface area contributed by atoms with Crippen molar-refractivity contribution in [1.29, 1.82) is 0 Å². The summed E-state index contributed by atoms with van der Waals surface area (Å²) in [4.78, 5) is 23.8. The van der Waals surface area contributed by atoms with E-state index in [0.717, 1.165) is 24.4 Å². The molecule has 4 rings (SSSR count). The molecule has 29 heavy (non-hydrogen) atoms. The van der Waals surface area contributed by atoms with Crippen LogP contribution in [0.25, 0.3) is 22.2 Å². The summed E-state index contributed by atoms with van der Waals surface area (Å²) in [6, 6.07) is 3.42. The number of ether oxygens (including phenoxy) is 1. The summed E-state index contributed by atoms with van der Waals surface area (Å²) in [6.45, 7) is 5.94. The average molecular weight is 401 g/mol. The first-order valence-electron chi connectivity index (χ1n) is 9.29. The van der Waals surface area contributed by atoms with E-state index in [2.05, 4.69) is 20.3 Å². The molecule has 0 unspecified atom stereocenters. The van der Waals surface area contributed by atoms with Crippen molar-refractivity contribution in [2.45, 2.75) is 33.2 Å². The van der Waals surface area contributed by atoms with E-state index < -0.39 is 11.7 Å². The fourth-order valence-corrected chi connectivity index (χ4v) is 3.36. The molecule has 3 aromatic rings. The van der Waals surface area contributed by atoms with Crippen LogP contribution < -0.4 is 5.32 Å². The van der Waals surface area contributed by atoms with Gasteiger partial charge >= 0.3 is 5.92 Å². The zero-order chi connectivity index (χ0) is 20.8. The highest BCUT2D eigenvalue weighted by molar-refractivity contribution is 5.98. The number of rotatable bonds is 5. The van der Waals surface area contributed by atoms with Crippen LogP contribution in [0.15, 0.2) is 24.5 Å². The van der Waals surface area contributed by atoms with E-state index in [1.807, 2.05) is 10.8 Å². The first-order chi connectivity index (χ1) is 13.7. The molecule has 152 valence electrons. The number of halogens is 2. The predicted molar refractivity (Wildman–Crippen MR) is 104 cm³/mol. The molecule has 7 nitrogen and oxygen atoms in total. The third kappa shape index (κ3) is 3.95. The number of carbonyl (C=O) groups excluding carboxylic acids is 1. The van der Waals surface area contributed by atoms with E-state index in [9.17, 15) is 13.6 Å². The fraction of sp³-hybridized carbons (Fsp3) is 0.400. The minimum atomic E-state index is -3.15. The van der Waals surface area contributed by atoms with Gasteiger partial charge in [0.1, 0.15) is 5.82 Å². The molecule has 0 aliphatic carbocycles. The van der Waals surface area contributed by atoms with E-state index in [4.69, 9.17) is 4.74 Å². The number of aryl methyl sites for hydroxylation is 1. The maximum Gasteiger partial charge on any atom is 0.303 e. The topological polar surface area (TPSA) is 81.9 Å². The molecule has 0 spiro atoms. The molecule has 4 heterocycles. The largest absolute Gasteiger partial charge is 0.381 e. The third-order valence-electron chi connectivity index (χ3n) is 4.76. The van der Waals surface area contributed by atoms with Crippen molar-refractivity contribution in [3.63, 3.8) is 0 Å². The number of pyridine rings is 1. The van der Waals surface area contributed by atoms with Gasteiger partial charge in [-0.05, 0) is 19.1 Å². The number of nitrogens with one attached hydrogen (secondary N) is 1. The van der Waals surface area contributed by atoms with Gasteiger partial charge in [0.2, 0.25) is 5.91 Å². The molecule has 0 radical (unpaired) electrons. The standard InChI is InChI=1S/C20H21F2N5O2/c1-11-4-16(26-19(24-11)20(3,21)22)15-8-27(7-13-9-29-10-13)17-6-23-18(5-14(15)17)25-12(2)28/h4-6,8,13H,7,9-10H2,1-3H3,(H,23,25,28). The Balaban J connectivity index is 1.87. The molecule has 1 aliphatic heterocycles. The molecule has 9 heteroatoms. The summed E-state index contributed by atoms with van der Waals surface area (Å²) >= 11 is 0. The molecule has 0 aromatic carbocycles. The van der Waals surface area contributed by atoms with Gasteiger partial charge in [0.05, 0.1) is 30.6 Å². The minimum absolute atomic E-state index is 0.241. The van der Waals surface area contributed by atoms with Crippen LogP contribution in [0.5, 0.6) is 0 Å². The molecule has 1 fully saturated rings. The van der Waals surface area contributed by atoms with E-state index >= 15 is 0 Å². The van der Waals surface area contributed by atoms with Crippen LogP contribution in [0.3, 0.4) is 0 Å². The van der Waals surface area contributed by atoms with Crippen molar-refractivity contribution in [3.05, 3.63) is 36.0 Å². The normalized spacial score (nSPS) is 14.8. The lowest BCUT2D eigenvalue weighted by atomic mass is 10.1. The second kappa shape index (κ2) is 7.14. The smallest absolute Gasteiger partial charge is 0.303 e. The maximum absolute atomic E-state index is 13.9. The summed E-state index contributed by atoms with van der Waals surface area (Å²) < 4.78 is 35.1. The Labute approximate surface area is 166 Å². The number of amides is 1. The third-order valence-corrected chi connectivity index (χ3v) is 4.76. The van der Waals surface area contributed by atoms with Crippen LogP contribution in [0.4, 0.5) is 14.6 Å². The fourth-order valence-electron chi connectivity index (χ4n) is 3.36. The van der Waals surface area contributed by atoms with Crippen molar-refractivity contribution >= 4 is 22.6 Å². The van der Waals surface area contributed by atoms with Gasteiger partial charge in [0.15, 0.2) is 5.82 Å². The average Bonchev–Trinajstić information content (AvgIpc) is 2.94. The van der Waals surface area contributed by atoms with Gasteiger partial charge in [0.25, 0.3) is 0 Å². The van der Waals surface area contributed by atoms with Gasteiger partial charge in [-0.25, -0.2) is 15.0 Å². The van der Waals surface area contributed by atoms with Gasteiger partial charge in [-0.15, -0.1) is 0 Å². The van der Waals surface area contributed by atoms with Crippen molar-refractivity contribution in [2.75, 3.05) is 18.5 Å². The van der Waals surface area contributed by atoms with Crippen LogP contribution in [0, 0.1) is 12.8 Å². The van der Waals surface area contributed by atoms with Gasteiger partial charge < -0.3 is 14.6 Å². The molecule has 3 aromatic heterocycles. The number of alkyl halides is 2. The second-order valence-electron chi connectivity index (χ2n) is 7.47. The predicted octanol–water partition coefficient (Wildman–Crippen LogP) is 3.52. The van der Waals surface area contributed by atoms with Crippen LogP contribution in [0.2, 0.25) is 0 Å². The molecule has 0 bridgehead atoms. The summed E-state index contributed by atoms with van der Waals surface area (Å²) in [7, 11) is 0. The van der Waals surface area contributed by atoms with Gasteiger partial charge in [-0.1, -0.05) is 0 Å². The van der Waals surface area contributed by atoms with Gasteiger partial charge in [-0.3, -0.25) is 4.79 Å². The first-order valence-corrected chi connectivity index (χ1v) is 9.29. The lowest BCUT2D eigenvalue weighted by molar-refractivity contribution is -0.114. The van der Waals surface area contributed by atoms with Crippen LogP contribution in [-0.4, -0.2) is 38.6 Å². The van der Waals surface area contributed by atoms with Crippen LogP contribution >= 0.6 is 0 Å². The summed E-state index contributed by atoms with van der Waals surface area (Å²) in [5, 5.41) is 3.43. The first kappa shape index (κ1) is 19.4. The second-order valence-corrected chi connectivity index (χ2v) is 7.47. The molecule has 1 amide bonds. The van der Waals surface area contributed by atoms with E-state index in [1.165, 1.54) is 6.92 Å². The number of carbonyl (C=O) groups is 1. The Hall–Kier alpha value is -2.94. The Morgan fingerprint density at radius 2 is 2.10 bits per heavy atom. The highest BCUT2D eigenvalue weighted by atomic mass is 19.3. The van der Waals surface area contributed by atoms with Crippen LogP contribution in [0.1, 0.15) is 25.4 Å².